The van der Waals surface area contributed by atoms with Crippen molar-refractivity contribution in [2.75, 3.05) is 18.5 Å². The molecule has 1 atom stereocenters. The summed E-state index contributed by atoms with van der Waals surface area (Å²) < 4.78 is 32.5. The molecule has 2 amide bonds. The van der Waals surface area contributed by atoms with Gasteiger partial charge in [-0.15, -0.1) is 0 Å². The van der Waals surface area contributed by atoms with E-state index in [2.05, 4.69) is 16.4 Å². The second kappa shape index (κ2) is 7.68. The Bertz CT molecular complexity index is 984. The maximum atomic E-state index is 12.7. The number of ether oxygens (including phenoxy) is 1. The first kappa shape index (κ1) is 19.7. The van der Waals surface area contributed by atoms with Crippen molar-refractivity contribution in [3.8, 4) is 0 Å². The van der Waals surface area contributed by atoms with Crippen molar-refractivity contribution < 1.29 is 23.1 Å². The fourth-order valence-corrected chi connectivity index (χ4v) is 5.11. The molecule has 156 valence electrons. The molecule has 0 saturated carbocycles. The van der Waals surface area contributed by atoms with Crippen LogP contribution in [0.2, 0.25) is 0 Å². The zero-order valence-electron chi connectivity index (χ0n) is 15.9. The number of nitrogens with two attached hydrogens (primary N) is 1. The van der Waals surface area contributed by atoms with Gasteiger partial charge in [-0.25, -0.2) is 22.9 Å². The Morgan fingerprint density at radius 2 is 1.86 bits per heavy atom. The van der Waals surface area contributed by atoms with Crippen LogP contribution in [0.4, 0.5) is 10.5 Å². The second-order valence-corrected chi connectivity index (χ2v) is 9.09. The quantitative estimate of drug-likeness (QED) is 0.565. The van der Waals surface area contributed by atoms with Gasteiger partial charge in [0, 0.05) is 11.9 Å². The number of aliphatic hydroxyl groups is 1. The number of anilines is 1. The number of rotatable bonds is 4. The van der Waals surface area contributed by atoms with Crippen molar-refractivity contribution in [1.29, 1.82) is 0 Å². The lowest BCUT2D eigenvalue weighted by atomic mass is 9.99. The molecule has 0 radical (unpaired) electrons. The van der Waals surface area contributed by atoms with Gasteiger partial charge in [0.2, 0.25) is 5.90 Å². The van der Waals surface area contributed by atoms with Gasteiger partial charge in [0.15, 0.2) is 4.91 Å². The normalized spacial score (nSPS) is 21.1. The number of hydrogen-bond donors (Lipinski definition) is 4. The number of carbonyl (C=O) groups is 1. The average molecular weight is 420 g/mol. The number of carbonyl (C=O) groups excluding carboxylic acids is 1. The van der Waals surface area contributed by atoms with Crippen molar-refractivity contribution in [3.63, 3.8) is 0 Å². The molecule has 10 heteroatoms. The standard InChI is InChI=1S/C19H24N4O5S/c20-8-16(18-21-9-13(24)10-28-18)29(26,27)23-19(25)22-17-14-5-1-3-11(14)7-12-4-2-6-15(12)17/h7-8,13,24H,1-6,9-10,20H2,(H2,22,23,25)/t13-/m1/s1. The van der Waals surface area contributed by atoms with Gasteiger partial charge in [0.25, 0.3) is 10.0 Å². The van der Waals surface area contributed by atoms with Gasteiger partial charge in [-0.3, -0.25) is 0 Å². The summed E-state index contributed by atoms with van der Waals surface area (Å²) in [5.41, 5.74) is 10.9. The highest BCUT2D eigenvalue weighted by Crippen LogP contribution is 2.38. The third-order valence-corrected chi connectivity index (χ3v) is 6.79. The number of nitrogens with one attached hydrogen (secondary N) is 2. The lowest BCUT2D eigenvalue weighted by Crippen LogP contribution is -2.39. The fourth-order valence-electron chi connectivity index (χ4n) is 4.17. The van der Waals surface area contributed by atoms with E-state index in [4.69, 9.17) is 10.5 Å². The predicted octanol–water partition coefficient (Wildman–Crippen LogP) is 0.705. The van der Waals surface area contributed by atoms with Crippen LogP contribution in [0.5, 0.6) is 0 Å². The van der Waals surface area contributed by atoms with Crippen molar-refractivity contribution in [1.82, 2.24) is 4.72 Å². The SMILES string of the molecule is NC=C(C1=NC[C@@H](O)CO1)S(=O)(=O)NC(=O)Nc1c2c(cc3c1CCC3)CCC2. The molecular weight excluding hydrogens is 396 g/mol. The van der Waals surface area contributed by atoms with Crippen LogP contribution in [0.15, 0.2) is 22.2 Å². The van der Waals surface area contributed by atoms with Crippen molar-refractivity contribution in [3.05, 3.63) is 39.4 Å². The summed E-state index contributed by atoms with van der Waals surface area (Å²) in [6.07, 6.45) is 5.74. The molecule has 0 bridgehead atoms. The first-order chi connectivity index (χ1) is 13.9. The number of aryl methyl sites for hydroxylation is 2. The van der Waals surface area contributed by atoms with E-state index in [0.29, 0.717) is 0 Å². The Labute approximate surface area is 169 Å². The first-order valence-corrected chi connectivity index (χ1v) is 11.1. The summed E-state index contributed by atoms with van der Waals surface area (Å²) in [7, 11) is -4.30. The Balaban J connectivity index is 1.55. The summed E-state index contributed by atoms with van der Waals surface area (Å²) in [5.74, 6) is -0.223. The van der Waals surface area contributed by atoms with E-state index in [9.17, 15) is 18.3 Å². The Morgan fingerprint density at radius 3 is 2.41 bits per heavy atom. The lowest BCUT2D eigenvalue weighted by Gasteiger charge is -2.20. The van der Waals surface area contributed by atoms with Crippen LogP contribution in [-0.2, 0) is 40.4 Å². The predicted molar refractivity (Wildman–Crippen MR) is 108 cm³/mol. The molecule has 5 N–H and O–H groups in total. The molecule has 0 fully saturated rings. The number of aliphatic imine (C=N–C) groups is 1. The van der Waals surface area contributed by atoms with Gasteiger partial charge in [0.05, 0.1) is 6.54 Å². The number of nitrogens with zero attached hydrogens (tertiary/aromatic N) is 1. The molecule has 2 aliphatic carbocycles. The highest BCUT2D eigenvalue weighted by molar-refractivity contribution is 7.94. The lowest BCUT2D eigenvalue weighted by molar-refractivity contribution is 0.0958. The molecule has 29 heavy (non-hydrogen) atoms. The Hall–Kier alpha value is -2.59. The molecule has 4 rings (SSSR count). The van der Waals surface area contributed by atoms with Crippen molar-refractivity contribution in [2.24, 2.45) is 10.7 Å². The molecule has 9 nitrogen and oxygen atoms in total. The van der Waals surface area contributed by atoms with Gasteiger partial charge in [-0.2, -0.15) is 0 Å². The maximum Gasteiger partial charge on any atom is 0.333 e. The van der Waals surface area contributed by atoms with Crippen molar-refractivity contribution in [2.45, 2.75) is 44.6 Å². The average Bonchev–Trinajstić information content (AvgIpc) is 3.32. The number of urea groups is 1. The van der Waals surface area contributed by atoms with Gasteiger partial charge in [0.1, 0.15) is 12.7 Å². The summed E-state index contributed by atoms with van der Waals surface area (Å²) >= 11 is 0. The summed E-state index contributed by atoms with van der Waals surface area (Å²) in [6, 6.07) is 1.38. The third kappa shape index (κ3) is 3.82. The molecule has 0 unspecified atom stereocenters. The smallest absolute Gasteiger partial charge is 0.333 e. The van der Waals surface area contributed by atoms with Crippen LogP contribution in [0.3, 0.4) is 0 Å². The van der Waals surface area contributed by atoms with E-state index in [-0.39, 0.29) is 19.0 Å². The molecule has 0 aromatic heterocycles. The molecule has 1 heterocycles. The molecular formula is C19H24N4O5S. The van der Waals surface area contributed by atoms with Crippen LogP contribution >= 0.6 is 0 Å². The number of amides is 2. The van der Waals surface area contributed by atoms with Crippen LogP contribution in [0, 0.1) is 0 Å². The third-order valence-electron chi connectivity index (χ3n) is 5.45. The summed E-state index contributed by atoms with van der Waals surface area (Å²) in [5, 5.41) is 12.2. The van der Waals surface area contributed by atoms with E-state index in [1.165, 1.54) is 11.1 Å². The summed E-state index contributed by atoms with van der Waals surface area (Å²) in [6.45, 7) is -0.100. The van der Waals surface area contributed by atoms with E-state index < -0.39 is 27.1 Å². The Kier molecular flexibility index (Phi) is 5.22. The van der Waals surface area contributed by atoms with Crippen molar-refractivity contribution >= 4 is 27.6 Å². The van der Waals surface area contributed by atoms with Gasteiger partial charge < -0.3 is 20.9 Å². The highest BCUT2D eigenvalue weighted by Gasteiger charge is 2.30. The van der Waals surface area contributed by atoms with E-state index in [0.717, 1.165) is 61.5 Å². The minimum absolute atomic E-state index is 0.00329. The topological polar surface area (TPSA) is 143 Å². The van der Waals surface area contributed by atoms with Crippen LogP contribution in [0.25, 0.3) is 0 Å². The second-order valence-electron chi connectivity index (χ2n) is 7.44. The minimum atomic E-state index is -4.30. The molecule has 1 aliphatic heterocycles. The Morgan fingerprint density at radius 1 is 1.21 bits per heavy atom. The maximum absolute atomic E-state index is 12.7. The van der Waals surface area contributed by atoms with Crippen LogP contribution < -0.4 is 15.8 Å². The molecule has 0 spiro atoms. The number of sulfonamides is 1. The number of benzene rings is 1. The largest absolute Gasteiger partial charge is 0.474 e. The van der Waals surface area contributed by atoms with Crippen LogP contribution in [0.1, 0.15) is 35.1 Å². The highest BCUT2D eigenvalue weighted by atomic mass is 32.2. The molecule has 0 saturated heterocycles. The van der Waals surface area contributed by atoms with Gasteiger partial charge in [-0.05, 0) is 60.8 Å². The van der Waals surface area contributed by atoms with E-state index >= 15 is 0 Å². The van der Waals surface area contributed by atoms with Gasteiger partial charge in [-0.1, -0.05) is 6.07 Å². The molecule has 1 aromatic rings. The first-order valence-electron chi connectivity index (χ1n) is 9.67. The number of fused-ring (bicyclic) bond motifs is 2. The monoisotopic (exact) mass is 420 g/mol. The minimum Gasteiger partial charge on any atom is -0.474 e. The molecule has 1 aromatic carbocycles. The number of hydrogen-bond acceptors (Lipinski definition) is 7. The zero-order chi connectivity index (χ0) is 20.6. The summed E-state index contributed by atoms with van der Waals surface area (Å²) in [4.78, 5) is 16.0. The van der Waals surface area contributed by atoms with Gasteiger partial charge >= 0.3 is 6.03 Å². The number of aliphatic hydroxyl groups excluding tert-OH is 1. The zero-order valence-corrected chi connectivity index (χ0v) is 16.7. The van der Waals surface area contributed by atoms with Crippen LogP contribution in [-0.4, -0.2) is 44.7 Å². The molecule has 3 aliphatic rings. The van der Waals surface area contributed by atoms with E-state index in [1.54, 1.807) is 0 Å². The fraction of sp³-hybridized carbons (Fsp3) is 0.474. The van der Waals surface area contributed by atoms with E-state index in [1.807, 2.05) is 4.72 Å².